The number of hydrogen-bond donors (Lipinski definition) is 1. The van der Waals surface area contributed by atoms with E-state index in [1.807, 2.05) is 33.0 Å². The van der Waals surface area contributed by atoms with Gasteiger partial charge in [0.2, 0.25) is 5.95 Å². The van der Waals surface area contributed by atoms with Gasteiger partial charge in [-0.25, -0.2) is 4.98 Å². The van der Waals surface area contributed by atoms with E-state index in [0.717, 1.165) is 46.9 Å². The largest absolute Gasteiger partial charge is 0.496 e. The fourth-order valence-electron chi connectivity index (χ4n) is 3.36. The summed E-state index contributed by atoms with van der Waals surface area (Å²) in [5, 5.41) is 7.99. The normalized spacial score (nSPS) is 11.3. The molecule has 0 bridgehead atoms. The summed E-state index contributed by atoms with van der Waals surface area (Å²) in [7, 11) is 1.69. The Kier molecular flexibility index (Phi) is 5.11. The van der Waals surface area contributed by atoms with Gasteiger partial charge in [0.05, 0.1) is 13.3 Å². The first kappa shape index (κ1) is 18.2. The van der Waals surface area contributed by atoms with E-state index in [4.69, 9.17) is 4.74 Å². The zero-order chi connectivity index (χ0) is 18.8. The number of anilines is 2. The minimum atomic E-state index is 0.458. The number of hydrogen-bond acceptors (Lipinski definition) is 5. The van der Waals surface area contributed by atoms with Crippen molar-refractivity contribution in [1.82, 2.24) is 19.6 Å². The number of nitrogens with one attached hydrogen (secondary N) is 1. The van der Waals surface area contributed by atoms with Gasteiger partial charge in [0, 0.05) is 11.3 Å². The highest BCUT2D eigenvalue weighted by molar-refractivity contribution is 5.64. The van der Waals surface area contributed by atoms with E-state index >= 15 is 0 Å². The molecule has 0 atom stereocenters. The Bertz CT molecular complexity index is 928. The van der Waals surface area contributed by atoms with Crippen LogP contribution in [-0.2, 0) is 0 Å². The fraction of sp³-hybridized carbons (Fsp3) is 0.450. The molecular weight excluding hydrogens is 326 g/mol. The van der Waals surface area contributed by atoms with Crippen LogP contribution in [0.4, 0.5) is 11.6 Å². The van der Waals surface area contributed by atoms with Crippen molar-refractivity contribution < 1.29 is 4.74 Å². The molecule has 0 aliphatic carbocycles. The van der Waals surface area contributed by atoms with Crippen molar-refractivity contribution in [3.05, 3.63) is 40.8 Å². The van der Waals surface area contributed by atoms with Gasteiger partial charge in [-0.15, -0.1) is 0 Å². The van der Waals surface area contributed by atoms with E-state index in [1.165, 1.54) is 5.56 Å². The SMILES string of the molecule is CCC(CC)c1cnn2c(Nc3cc(C)c(OC)cc3C)nc(C)nc12. The fourth-order valence-corrected chi connectivity index (χ4v) is 3.36. The third kappa shape index (κ3) is 3.23. The van der Waals surface area contributed by atoms with Crippen LogP contribution in [0.5, 0.6) is 5.75 Å². The summed E-state index contributed by atoms with van der Waals surface area (Å²) in [6.45, 7) is 10.4. The molecule has 0 unspecified atom stereocenters. The van der Waals surface area contributed by atoms with E-state index < -0.39 is 0 Å². The summed E-state index contributed by atoms with van der Waals surface area (Å²) < 4.78 is 7.21. The van der Waals surface area contributed by atoms with Gasteiger partial charge in [0.1, 0.15) is 11.6 Å². The Morgan fingerprint density at radius 2 is 1.81 bits per heavy atom. The van der Waals surface area contributed by atoms with Crippen LogP contribution < -0.4 is 10.1 Å². The second-order valence-corrected chi connectivity index (χ2v) is 6.70. The number of rotatable bonds is 6. The van der Waals surface area contributed by atoms with Crippen molar-refractivity contribution in [2.75, 3.05) is 12.4 Å². The van der Waals surface area contributed by atoms with Gasteiger partial charge in [-0.1, -0.05) is 13.8 Å². The van der Waals surface area contributed by atoms with Crippen molar-refractivity contribution in [2.24, 2.45) is 0 Å². The lowest BCUT2D eigenvalue weighted by Crippen LogP contribution is -2.08. The number of methoxy groups -OCH3 is 1. The van der Waals surface area contributed by atoms with Gasteiger partial charge < -0.3 is 10.1 Å². The molecule has 0 aliphatic rings. The maximum Gasteiger partial charge on any atom is 0.232 e. The molecule has 0 radical (unpaired) electrons. The minimum absolute atomic E-state index is 0.458. The quantitative estimate of drug-likeness (QED) is 0.695. The van der Waals surface area contributed by atoms with Crippen LogP contribution >= 0.6 is 0 Å². The lowest BCUT2D eigenvalue weighted by Gasteiger charge is -2.14. The zero-order valence-electron chi connectivity index (χ0n) is 16.4. The highest BCUT2D eigenvalue weighted by Crippen LogP contribution is 2.30. The third-order valence-electron chi connectivity index (χ3n) is 4.92. The molecule has 138 valence electrons. The van der Waals surface area contributed by atoms with Crippen molar-refractivity contribution in [1.29, 1.82) is 0 Å². The number of aryl methyl sites for hydroxylation is 3. The molecule has 2 aromatic heterocycles. The number of ether oxygens (including phenoxy) is 1. The highest BCUT2D eigenvalue weighted by Gasteiger charge is 2.18. The summed E-state index contributed by atoms with van der Waals surface area (Å²) in [5.74, 6) is 2.75. The van der Waals surface area contributed by atoms with Gasteiger partial charge in [-0.05, 0) is 62.8 Å². The molecule has 2 heterocycles. The zero-order valence-corrected chi connectivity index (χ0v) is 16.4. The van der Waals surface area contributed by atoms with Gasteiger partial charge >= 0.3 is 0 Å². The smallest absolute Gasteiger partial charge is 0.232 e. The Balaban J connectivity index is 2.08. The topological polar surface area (TPSA) is 64.3 Å². The molecule has 3 rings (SSSR count). The van der Waals surface area contributed by atoms with Crippen LogP contribution in [0.3, 0.4) is 0 Å². The third-order valence-corrected chi connectivity index (χ3v) is 4.92. The molecule has 3 aromatic rings. The van der Waals surface area contributed by atoms with Gasteiger partial charge in [-0.3, -0.25) is 0 Å². The second kappa shape index (κ2) is 7.32. The van der Waals surface area contributed by atoms with Gasteiger partial charge in [0.15, 0.2) is 5.65 Å². The Hall–Kier alpha value is -2.63. The molecule has 26 heavy (non-hydrogen) atoms. The monoisotopic (exact) mass is 353 g/mol. The second-order valence-electron chi connectivity index (χ2n) is 6.70. The number of nitrogens with zero attached hydrogens (tertiary/aromatic N) is 4. The lowest BCUT2D eigenvalue weighted by molar-refractivity contribution is 0.411. The van der Waals surface area contributed by atoms with Crippen molar-refractivity contribution in [3.8, 4) is 5.75 Å². The molecular formula is C20H27N5O. The molecule has 1 N–H and O–H groups in total. The highest BCUT2D eigenvalue weighted by atomic mass is 16.5. The average molecular weight is 353 g/mol. The van der Waals surface area contributed by atoms with Crippen LogP contribution in [0.25, 0.3) is 5.65 Å². The first-order valence-corrected chi connectivity index (χ1v) is 9.12. The Morgan fingerprint density at radius 1 is 1.08 bits per heavy atom. The molecule has 1 aromatic carbocycles. The van der Waals surface area contributed by atoms with Gasteiger partial charge in [0.25, 0.3) is 0 Å². The average Bonchev–Trinajstić information content (AvgIpc) is 3.03. The standard InChI is InChI=1S/C20H27N5O/c1-7-15(8-2)16-11-21-25-19(16)22-14(5)23-20(25)24-17-9-13(4)18(26-6)10-12(17)3/h9-11,15H,7-8H2,1-6H3,(H,22,23,24). The summed E-state index contributed by atoms with van der Waals surface area (Å²) in [4.78, 5) is 9.23. The lowest BCUT2D eigenvalue weighted by atomic mass is 9.96. The van der Waals surface area contributed by atoms with Crippen molar-refractivity contribution >= 4 is 17.3 Å². The molecule has 0 saturated carbocycles. The van der Waals surface area contributed by atoms with Crippen LogP contribution in [-0.4, -0.2) is 26.7 Å². The van der Waals surface area contributed by atoms with E-state index in [0.29, 0.717) is 11.9 Å². The predicted octanol–water partition coefficient (Wildman–Crippen LogP) is 4.71. The molecule has 0 fully saturated rings. The summed E-state index contributed by atoms with van der Waals surface area (Å²) in [5.41, 5.74) is 5.22. The maximum absolute atomic E-state index is 5.40. The van der Waals surface area contributed by atoms with Crippen LogP contribution in [0, 0.1) is 20.8 Å². The van der Waals surface area contributed by atoms with E-state index in [2.05, 4.69) is 40.3 Å². The number of aromatic nitrogens is 4. The van der Waals surface area contributed by atoms with Crippen LogP contribution in [0.2, 0.25) is 0 Å². The van der Waals surface area contributed by atoms with E-state index in [9.17, 15) is 0 Å². The summed E-state index contributed by atoms with van der Waals surface area (Å²) in [6.07, 6.45) is 4.07. The van der Waals surface area contributed by atoms with Gasteiger partial charge in [-0.2, -0.15) is 14.6 Å². The molecule has 0 aliphatic heterocycles. The van der Waals surface area contributed by atoms with Crippen LogP contribution in [0.1, 0.15) is 55.1 Å². The molecule has 0 amide bonds. The van der Waals surface area contributed by atoms with E-state index in [1.54, 1.807) is 11.6 Å². The first-order chi connectivity index (χ1) is 12.5. The summed E-state index contributed by atoms with van der Waals surface area (Å²) in [6, 6.07) is 4.10. The minimum Gasteiger partial charge on any atom is -0.496 e. The molecule has 6 nitrogen and oxygen atoms in total. The number of fused-ring (bicyclic) bond motifs is 1. The van der Waals surface area contributed by atoms with Crippen molar-refractivity contribution in [2.45, 2.75) is 53.4 Å². The van der Waals surface area contributed by atoms with Crippen molar-refractivity contribution in [3.63, 3.8) is 0 Å². The Labute approximate surface area is 154 Å². The molecule has 0 saturated heterocycles. The number of benzene rings is 1. The van der Waals surface area contributed by atoms with Crippen LogP contribution in [0.15, 0.2) is 18.3 Å². The van der Waals surface area contributed by atoms with E-state index in [-0.39, 0.29) is 0 Å². The predicted molar refractivity (Wildman–Crippen MR) is 105 cm³/mol. The summed E-state index contributed by atoms with van der Waals surface area (Å²) >= 11 is 0. The Morgan fingerprint density at radius 3 is 2.46 bits per heavy atom. The maximum atomic E-state index is 5.40. The molecule has 6 heteroatoms. The first-order valence-electron chi connectivity index (χ1n) is 9.12. The molecule has 0 spiro atoms.